The molecule has 0 saturated heterocycles. The van der Waals surface area contributed by atoms with E-state index in [1.807, 2.05) is 18.5 Å². The average Bonchev–Trinajstić information content (AvgIpc) is 2.67. The minimum absolute atomic E-state index is 0.0165. The predicted molar refractivity (Wildman–Crippen MR) is 121 cm³/mol. The number of hydrogen-bond donors (Lipinski definition) is 0. The number of hydrogen-bond acceptors (Lipinski definition) is 6. The maximum absolute atomic E-state index is 6.62. The molecule has 0 aliphatic carbocycles. The van der Waals surface area contributed by atoms with E-state index in [1.54, 1.807) is 20.3 Å². The summed E-state index contributed by atoms with van der Waals surface area (Å²) in [6.45, 7) is 6.50. The zero-order valence-corrected chi connectivity index (χ0v) is 19.6. The van der Waals surface area contributed by atoms with Crippen molar-refractivity contribution in [2.24, 2.45) is 5.41 Å². The van der Waals surface area contributed by atoms with E-state index >= 15 is 0 Å². The first kappa shape index (κ1) is 21.9. The second-order valence-electron chi connectivity index (χ2n) is 7.77. The van der Waals surface area contributed by atoms with Crippen molar-refractivity contribution >= 4 is 45.9 Å². The second kappa shape index (κ2) is 8.54. The van der Waals surface area contributed by atoms with Gasteiger partial charge in [-0.15, -0.1) is 0 Å². The lowest BCUT2D eigenvalue weighted by molar-refractivity contribution is 0.395. The predicted octanol–water partition coefficient (Wildman–Crippen LogP) is 6.33. The zero-order chi connectivity index (χ0) is 21.3. The van der Waals surface area contributed by atoms with Crippen molar-refractivity contribution in [3.8, 4) is 22.8 Å². The number of halogens is 2. The number of pyridine rings is 1. The molecule has 0 radical (unpaired) electrons. The van der Waals surface area contributed by atoms with Crippen LogP contribution in [0.5, 0.6) is 11.5 Å². The van der Waals surface area contributed by atoms with Gasteiger partial charge in [-0.05, 0) is 24.2 Å². The minimum Gasteiger partial charge on any atom is -0.495 e. The summed E-state index contributed by atoms with van der Waals surface area (Å²) in [6, 6.07) is 3.57. The molecule has 5 nitrogen and oxygen atoms in total. The summed E-state index contributed by atoms with van der Waals surface area (Å²) in [5, 5.41) is 2.35. The fourth-order valence-corrected chi connectivity index (χ4v) is 4.09. The van der Waals surface area contributed by atoms with Crippen molar-refractivity contribution in [2.75, 3.05) is 20.5 Å². The molecule has 3 rings (SSSR count). The van der Waals surface area contributed by atoms with Gasteiger partial charge in [0.25, 0.3) is 0 Å². The lowest BCUT2D eigenvalue weighted by Gasteiger charge is -2.20. The van der Waals surface area contributed by atoms with Gasteiger partial charge in [0, 0.05) is 23.2 Å². The molecule has 29 heavy (non-hydrogen) atoms. The van der Waals surface area contributed by atoms with Crippen LogP contribution in [0.25, 0.3) is 22.2 Å². The molecule has 0 saturated carbocycles. The van der Waals surface area contributed by atoms with Crippen molar-refractivity contribution in [2.45, 2.75) is 32.3 Å². The molecule has 0 atom stereocenters. The van der Waals surface area contributed by atoms with Crippen LogP contribution in [0.3, 0.4) is 0 Å². The quantitative estimate of drug-likeness (QED) is 0.333. The van der Waals surface area contributed by atoms with E-state index in [4.69, 9.17) is 42.6 Å². The number of fused-ring (bicyclic) bond motifs is 1. The lowest BCUT2D eigenvalue weighted by atomic mass is 9.89. The van der Waals surface area contributed by atoms with E-state index in [0.717, 1.165) is 23.0 Å². The van der Waals surface area contributed by atoms with Crippen LogP contribution in [-0.4, -0.2) is 35.4 Å². The normalized spacial score (nSPS) is 11.7. The molecule has 0 fully saturated rings. The summed E-state index contributed by atoms with van der Waals surface area (Å²) in [5.74, 6) is 0.937. The van der Waals surface area contributed by atoms with E-state index in [-0.39, 0.29) is 5.41 Å². The molecule has 8 heteroatoms. The third-order valence-corrected chi connectivity index (χ3v) is 5.64. The summed E-state index contributed by atoms with van der Waals surface area (Å²) >= 11 is 14.7. The Balaban J connectivity index is 2.34. The topological polar surface area (TPSA) is 57.1 Å². The van der Waals surface area contributed by atoms with Gasteiger partial charge in [0.1, 0.15) is 11.5 Å². The summed E-state index contributed by atoms with van der Waals surface area (Å²) in [5.41, 5.74) is 2.92. The van der Waals surface area contributed by atoms with E-state index in [2.05, 4.69) is 25.8 Å². The van der Waals surface area contributed by atoms with E-state index in [9.17, 15) is 0 Å². The molecule has 3 aromatic rings. The Morgan fingerprint density at radius 1 is 1.00 bits per heavy atom. The van der Waals surface area contributed by atoms with Crippen LogP contribution in [0.1, 0.15) is 26.5 Å². The molecule has 0 spiro atoms. The fourth-order valence-electron chi connectivity index (χ4n) is 3.05. The van der Waals surface area contributed by atoms with Crippen LogP contribution in [0, 0.1) is 5.41 Å². The van der Waals surface area contributed by atoms with Crippen molar-refractivity contribution in [3.63, 3.8) is 0 Å². The molecule has 2 aromatic heterocycles. The van der Waals surface area contributed by atoms with E-state index in [0.29, 0.717) is 38.0 Å². The number of benzene rings is 1. The van der Waals surface area contributed by atoms with Gasteiger partial charge in [0.2, 0.25) is 0 Å². The standard InChI is InChI=1S/C21H23Cl2N3O2S/c1-21(2,3)9-13-19-11(10-24-20(26-19)29-6)7-12(25-13)16-17(22)14(27-4)8-15(28-5)18(16)23/h7-8,10H,9H2,1-6H3. The lowest BCUT2D eigenvalue weighted by Crippen LogP contribution is -2.12. The van der Waals surface area contributed by atoms with E-state index in [1.165, 1.54) is 11.8 Å². The SMILES string of the molecule is COc1cc(OC)c(Cl)c(-c2cc3cnc(SC)nc3c(CC(C)(C)C)n2)c1Cl. The second-order valence-corrected chi connectivity index (χ2v) is 9.30. The smallest absolute Gasteiger partial charge is 0.187 e. The van der Waals surface area contributed by atoms with Gasteiger partial charge < -0.3 is 9.47 Å². The highest BCUT2D eigenvalue weighted by molar-refractivity contribution is 7.98. The van der Waals surface area contributed by atoms with Crippen molar-refractivity contribution < 1.29 is 9.47 Å². The van der Waals surface area contributed by atoms with Gasteiger partial charge in [-0.2, -0.15) is 0 Å². The van der Waals surface area contributed by atoms with E-state index < -0.39 is 0 Å². The molecular formula is C21H23Cl2N3O2S. The van der Waals surface area contributed by atoms with Crippen LogP contribution < -0.4 is 9.47 Å². The molecule has 154 valence electrons. The van der Waals surface area contributed by atoms with Gasteiger partial charge in [0.15, 0.2) is 5.16 Å². The largest absolute Gasteiger partial charge is 0.495 e. The Labute approximate surface area is 185 Å². The number of ether oxygens (including phenoxy) is 2. The van der Waals surface area contributed by atoms with Crippen LogP contribution in [0.4, 0.5) is 0 Å². The third-order valence-electron chi connectivity index (χ3n) is 4.33. The first-order valence-corrected chi connectivity index (χ1v) is 11.0. The number of methoxy groups -OCH3 is 2. The van der Waals surface area contributed by atoms with Crippen molar-refractivity contribution in [1.82, 2.24) is 15.0 Å². The van der Waals surface area contributed by atoms with Gasteiger partial charge in [-0.3, -0.25) is 4.98 Å². The number of aromatic nitrogens is 3. The van der Waals surface area contributed by atoms with Crippen LogP contribution in [-0.2, 0) is 6.42 Å². The Bertz CT molecular complexity index is 1040. The monoisotopic (exact) mass is 451 g/mol. The number of thioether (sulfide) groups is 1. The molecule has 1 aromatic carbocycles. The molecule has 0 amide bonds. The molecule has 2 heterocycles. The van der Waals surface area contributed by atoms with Crippen LogP contribution >= 0.6 is 35.0 Å². The third kappa shape index (κ3) is 4.55. The van der Waals surface area contributed by atoms with Crippen LogP contribution in [0.2, 0.25) is 10.0 Å². The van der Waals surface area contributed by atoms with Crippen molar-refractivity contribution in [1.29, 1.82) is 0 Å². The highest BCUT2D eigenvalue weighted by Crippen LogP contribution is 2.46. The summed E-state index contributed by atoms with van der Waals surface area (Å²) < 4.78 is 10.8. The van der Waals surface area contributed by atoms with Gasteiger partial charge in [0.05, 0.1) is 41.2 Å². The Kier molecular flexibility index (Phi) is 6.46. The molecule has 0 aliphatic rings. The highest BCUT2D eigenvalue weighted by atomic mass is 35.5. The Hall–Kier alpha value is -1.76. The van der Waals surface area contributed by atoms with Crippen LogP contribution in [0.15, 0.2) is 23.5 Å². The Morgan fingerprint density at radius 3 is 2.14 bits per heavy atom. The first-order valence-electron chi connectivity index (χ1n) is 8.99. The maximum atomic E-state index is 6.62. The number of rotatable bonds is 5. The Morgan fingerprint density at radius 2 is 1.62 bits per heavy atom. The van der Waals surface area contributed by atoms with Gasteiger partial charge in [-0.25, -0.2) is 9.97 Å². The maximum Gasteiger partial charge on any atom is 0.187 e. The average molecular weight is 452 g/mol. The molecule has 0 N–H and O–H groups in total. The summed E-state index contributed by atoms with van der Waals surface area (Å²) in [4.78, 5) is 14.0. The summed E-state index contributed by atoms with van der Waals surface area (Å²) in [6.07, 6.45) is 4.50. The molecular weight excluding hydrogens is 429 g/mol. The molecule has 0 bridgehead atoms. The minimum atomic E-state index is 0.0165. The fraction of sp³-hybridized carbons (Fsp3) is 0.381. The molecule has 0 unspecified atom stereocenters. The van der Waals surface area contributed by atoms with Crippen molar-refractivity contribution in [3.05, 3.63) is 34.1 Å². The molecule has 0 aliphatic heterocycles. The number of nitrogens with zero attached hydrogens (tertiary/aromatic N) is 3. The zero-order valence-electron chi connectivity index (χ0n) is 17.3. The van der Waals surface area contributed by atoms with Gasteiger partial charge in [-0.1, -0.05) is 55.7 Å². The van der Waals surface area contributed by atoms with Gasteiger partial charge >= 0.3 is 0 Å². The summed E-state index contributed by atoms with van der Waals surface area (Å²) in [7, 11) is 3.10. The first-order chi connectivity index (χ1) is 13.7. The highest BCUT2D eigenvalue weighted by Gasteiger charge is 2.23.